The van der Waals surface area contributed by atoms with Crippen LogP contribution >= 0.6 is 0 Å². The van der Waals surface area contributed by atoms with Crippen molar-refractivity contribution in [1.29, 1.82) is 0 Å². The minimum atomic E-state index is -3.50. The van der Waals surface area contributed by atoms with Crippen molar-refractivity contribution in [2.45, 2.75) is 44.6 Å². The van der Waals surface area contributed by atoms with Gasteiger partial charge in [0.2, 0.25) is 15.9 Å². The third-order valence-electron chi connectivity index (χ3n) is 5.35. The smallest absolute Gasteiger partial charge is 0.243 e. The van der Waals surface area contributed by atoms with Crippen LogP contribution in [0.2, 0.25) is 0 Å². The van der Waals surface area contributed by atoms with Gasteiger partial charge in [-0.1, -0.05) is 36.8 Å². The Kier molecular flexibility index (Phi) is 7.50. The number of carbonyl (C=O) groups excluding carboxylic acids is 1. The van der Waals surface area contributed by atoms with E-state index >= 15 is 0 Å². The van der Waals surface area contributed by atoms with E-state index in [1.54, 1.807) is 24.3 Å². The second kappa shape index (κ2) is 10.1. The van der Waals surface area contributed by atoms with Crippen LogP contribution in [-0.2, 0) is 21.4 Å². The lowest BCUT2D eigenvalue weighted by molar-refractivity contribution is -0.126. The number of nitrogens with zero attached hydrogens (tertiary/aromatic N) is 1. The number of rotatable bonds is 8. The first-order valence-corrected chi connectivity index (χ1v) is 11.9. The summed E-state index contributed by atoms with van der Waals surface area (Å²) in [5.41, 5.74) is 2.03. The molecule has 1 amide bonds. The molecule has 0 bridgehead atoms. The Balaban J connectivity index is 1.48. The summed E-state index contributed by atoms with van der Waals surface area (Å²) >= 11 is 0. The van der Waals surface area contributed by atoms with Crippen LogP contribution in [0.3, 0.4) is 0 Å². The van der Waals surface area contributed by atoms with Crippen LogP contribution in [0.4, 0.5) is 0 Å². The van der Waals surface area contributed by atoms with Gasteiger partial charge in [0.1, 0.15) is 5.75 Å². The van der Waals surface area contributed by atoms with E-state index in [2.05, 4.69) is 12.2 Å². The standard InChI is InChI=1S/C23H30N2O4S/c1-3-16-29-21-8-6-19(7-9-21)17-24-23(26)20-12-14-25(15-13-20)30(27,28)22-10-4-18(2)5-11-22/h4-11,20H,3,12-17H2,1-2H3,(H,24,26). The quantitative estimate of drug-likeness (QED) is 0.695. The molecule has 1 aliphatic rings. The van der Waals surface area contributed by atoms with Crippen molar-refractivity contribution in [2.24, 2.45) is 5.92 Å². The summed E-state index contributed by atoms with van der Waals surface area (Å²) in [7, 11) is -3.50. The number of hydrogen-bond donors (Lipinski definition) is 1. The fourth-order valence-electron chi connectivity index (χ4n) is 3.47. The number of carbonyl (C=O) groups is 1. The van der Waals surface area contributed by atoms with Gasteiger partial charge < -0.3 is 10.1 Å². The molecule has 0 spiro atoms. The Morgan fingerprint density at radius 3 is 2.30 bits per heavy atom. The number of hydrogen-bond acceptors (Lipinski definition) is 4. The number of aryl methyl sites for hydroxylation is 1. The summed E-state index contributed by atoms with van der Waals surface area (Å²) < 4.78 is 32.6. The highest BCUT2D eigenvalue weighted by Crippen LogP contribution is 2.24. The maximum absolute atomic E-state index is 12.8. The zero-order valence-electron chi connectivity index (χ0n) is 17.6. The summed E-state index contributed by atoms with van der Waals surface area (Å²) in [6, 6.07) is 14.6. The molecular formula is C23H30N2O4S. The molecule has 162 valence electrons. The minimum Gasteiger partial charge on any atom is -0.494 e. The minimum absolute atomic E-state index is 0.0197. The van der Waals surface area contributed by atoms with Crippen LogP contribution in [0.15, 0.2) is 53.4 Å². The van der Waals surface area contributed by atoms with Crippen molar-refractivity contribution in [2.75, 3.05) is 19.7 Å². The van der Waals surface area contributed by atoms with E-state index in [4.69, 9.17) is 4.74 Å². The van der Waals surface area contributed by atoms with Crippen molar-refractivity contribution in [3.05, 3.63) is 59.7 Å². The van der Waals surface area contributed by atoms with Gasteiger partial charge in [-0.2, -0.15) is 4.31 Å². The second-order valence-electron chi connectivity index (χ2n) is 7.70. The molecule has 0 saturated carbocycles. The number of nitrogens with one attached hydrogen (secondary N) is 1. The molecule has 30 heavy (non-hydrogen) atoms. The molecule has 0 aromatic heterocycles. The van der Waals surface area contributed by atoms with Crippen LogP contribution < -0.4 is 10.1 Å². The highest BCUT2D eigenvalue weighted by molar-refractivity contribution is 7.89. The van der Waals surface area contributed by atoms with Crippen LogP contribution in [0.5, 0.6) is 5.75 Å². The summed E-state index contributed by atoms with van der Waals surface area (Å²) in [5.74, 6) is 0.643. The fourth-order valence-corrected chi connectivity index (χ4v) is 4.94. The molecule has 1 fully saturated rings. The van der Waals surface area contributed by atoms with Gasteiger partial charge in [-0.25, -0.2) is 8.42 Å². The molecule has 1 heterocycles. The zero-order valence-corrected chi connectivity index (χ0v) is 18.5. The van der Waals surface area contributed by atoms with Crippen molar-refractivity contribution >= 4 is 15.9 Å². The molecule has 0 aliphatic carbocycles. The molecule has 0 radical (unpaired) electrons. The van der Waals surface area contributed by atoms with Crippen LogP contribution in [0.25, 0.3) is 0 Å². The van der Waals surface area contributed by atoms with Crippen molar-refractivity contribution in [1.82, 2.24) is 9.62 Å². The SMILES string of the molecule is CCCOc1ccc(CNC(=O)C2CCN(S(=O)(=O)c3ccc(C)cc3)CC2)cc1. The molecule has 6 nitrogen and oxygen atoms in total. The van der Waals surface area contributed by atoms with Crippen LogP contribution in [0.1, 0.15) is 37.3 Å². The van der Waals surface area contributed by atoms with Gasteiger partial charge in [0.25, 0.3) is 0 Å². The van der Waals surface area contributed by atoms with Crippen LogP contribution in [0, 0.1) is 12.8 Å². The first-order chi connectivity index (χ1) is 14.4. The van der Waals surface area contributed by atoms with Crippen LogP contribution in [-0.4, -0.2) is 38.3 Å². The second-order valence-corrected chi connectivity index (χ2v) is 9.64. The maximum atomic E-state index is 12.8. The lowest BCUT2D eigenvalue weighted by atomic mass is 9.97. The molecule has 0 unspecified atom stereocenters. The topological polar surface area (TPSA) is 75.7 Å². The Labute approximate surface area is 179 Å². The summed E-state index contributed by atoms with van der Waals surface area (Å²) in [4.78, 5) is 12.8. The molecule has 1 N–H and O–H groups in total. The Morgan fingerprint density at radius 2 is 1.70 bits per heavy atom. The van der Waals surface area contributed by atoms with E-state index in [9.17, 15) is 13.2 Å². The molecule has 1 aliphatic heterocycles. The summed E-state index contributed by atoms with van der Waals surface area (Å²) in [6.07, 6.45) is 2.02. The van der Waals surface area contributed by atoms with Gasteiger partial charge in [-0.05, 0) is 56.0 Å². The van der Waals surface area contributed by atoms with Crippen molar-refractivity contribution < 1.29 is 17.9 Å². The largest absolute Gasteiger partial charge is 0.494 e. The summed E-state index contributed by atoms with van der Waals surface area (Å²) in [6.45, 7) is 5.85. The highest BCUT2D eigenvalue weighted by Gasteiger charge is 2.31. The van der Waals surface area contributed by atoms with Gasteiger partial charge in [0.15, 0.2) is 0 Å². The Hall–Kier alpha value is -2.38. The molecule has 2 aromatic carbocycles. The first kappa shape index (κ1) is 22.3. The van der Waals surface area contributed by atoms with Gasteiger partial charge in [-0.15, -0.1) is 0 Å². The van der Waals surface area contributed by atoms with Gasteiger partial charge >= 0.3 is 0 Å². The highest BCUT2D eigenvalue weighted by atomic mass is 32.2. The number of benzene rings is 2. The molecule has 2 aromatic rings. The predicted octanol–water partition coefficient (Wildman–Crippen LogP) is 3.50. The maximum Gasteiger partial charge on any atom is 0.243 e. The normalized spacial score (nSPS) is 15.7. The first-order valence-electron chi connectivity index (χ1n) is 10.5. The zero-order chi connectivity index (χ0) is 21.6. The van der Waals surface area contributed by atoms with E-state index in [1.807, 2.05) is 31.2 Å². The van der Waals surface area contributed by atoms with Gasteiger partial charge in [0, 0.05) is 25.6 Å². The number of ether oxygens (including phenoxy) is 1. The lowest BCUT2D eigenvalue weighted by Gasteiger charge is -2.30. The molecule has 7 heteroatoms. The third-order valence-corrected chi connectivity index (χ3v) is 7.26. The number of piperidine rings is 1. The molecule has 0 atom stereocenters. The van der Waals surface area contributed by atoms with Crippen molar-refractivity contribution in [3.63, 3.8) is 0 Å². The van der Waals surface area contributed by atoms with Gasteiger partial charge in [0.05, 0.1) is 11.5 Å². The summed E-state index contributed by atoms with van der Waals surface area (Å²) in [5, 5.41) is 2.98. The van der Waals surface area contributed by atoms with E-state index in [1.165, 1.54) is 4.31 Å². The number of amides is 1. The molecule has 3 rings (SSSR count). The van der Waals surface area contributed by atoms with Gasteiger partial charge in [-0.3, -0.25) is 4.79 Å². The Morgan fingerprint density at radius 1 is 1.07 bits per heavy atom. The average molecular weight is 431 g/mol. The third kappa shape index (κ3) is 5.61. The fraction of sp³-hybridized carbons (Fsp3) is 0.435. The van der Waals surface area contributed by atoms with E-state index in [0.29, 0.717) is 44.0 Å². The molecular weight excluding hydrogens is 400 g/mol. The molecule has 1 saturated heterocycles. The Bertz CT molecular complexity index is 932. The lowest BCUT2D eigenvalue weighted by Crippen LogP contribution is -2.42. The monoisotopic (exact) mass is 430 g/mol. The number of sulfonamides is 1. The average Bonchev–Trinajstić information content (AvgIpc) is 2.77. The van der Waals surface area contributed by atoms with Crippen molar-refractivity contribution in [3.8, 4) is 5.75 Å². The van der Waals surface area contributed by atoms with E-state index in [0.717, 1.165) is 23.3 Å². The predicted molar refractivity (Wildman–Crippen MR) is 117 cm³/mol. The van der Waals surface area contributed by atoms with E-state index in [-0.39, 0.29) is 11.8 Å². The van der Waals surface area contributed by atoms with E-state index < -0.39 is 10.0 Å².